The standard InChI is InChI=1S/C14H14FN7O/c15-11-3-1-2-10(8-11)14-18-20-22(19-14)9-13-17-16-12-4-6-23-7-5-21(12)13/h1-3,8H,4-7,9H2. The summed E-state index contributed by atoms with van der Waals surface area (Å²) in [6.45, 7) is 2.36. The molecule has 23 heavy (non-hydrogen) atoms. The maximum Gasteiger partial charge on any atom is 0.205 e. The molecule has 0 atom stereocenters. The summed E-state index contributed by atoms with van der Waals surface area (Å²) in [5, 5.41) is 20.6. The summed E-state index contributed by atoms with van der Waals surface area (Å²) in [6.07, 6.45) is 0.742. The first-order valence-corrected chi connectivity index (χ1v) is 7.32. The van der Waals surface area contributed by atoms with Crippen molar-refractivity contribution in [3.05, 3.63) is 41.7 Å². The second kappa shape index (κ2) is 5.84. The number of hydrogen-bond donors (Lipinski definition) is 0. The summed E-state index contributed by atoms with van der Waals surface area (Å²) in [7, 11) is 0. The molecule has 0 fully saturated rings. The number of nitrogens with zero attached hydrogens (tertiary/aromatic N) is 7. The minimum absolute atomic E-state index is 0.332. The third-order valence-corrected chi connectivity index (χ3v) is 3.65. The van der Waals surface area contributed by atoms with Gasteiger partial charge in [-0.2, -0.15) is 4.80 Å². The predicted octanol–water partition coefficient (Wildman–Crippen LogP) is 0.692. The van der Waals surface area contributed by atoms with E-state index in [1.807, 2.05) is 4.57 Å². The van der Waals surface area contributed by atoms with Crippen LogP contribution in [0.3, 0.4) is 0 Å². The van der Waals surface area contributed by atoms with E-state index in [2.05, 4.69) is 25.6 Å². The molecule has 0 amide bonds. The van der Waals surface area contributed by atoms with E-state index in [0.29, 0.717) is 37.7 Å². The van der Waals surface area contributed by atoms with Crippen LogP contribution >= 0.6 is 0 Å². The van der Waals surface area contributed by atoms with Gasteiger partial charge in [-0.15, -0.1) is 20.4 Å². The van der Waals surface area contributed by atoms with Gasteiger partial charge in [-0.3, -0.25) is 0 Å². The van der Waals surface area contributed by atoms with Crippen LogP contribution in [0.4, 0.5) is 4.39 Å². The molecule has 3 aromatic rings. The highest BCUT2D eigenvalue weighted by atomic mass is 19.1. The Morgan fingerprint density at radius 1 is 1.17 bits per heavy atom. The lowest BCUT2D eigenvalue weighted by molar-refractivity contribution is 0.139. The Kier molecular flexibility index (Phi) is 3.54. The number of hydrogen-bond acceptors (Lipinski definition) is 6. The molecular weight excluding hydrogens is 301 g/mol. The Hall–Kier alpha value is -2.68. The summed E-state index contributed by atoms with van der Waals surface area (Å²) >= 11 is 0. The zero-order chi connectivity index (χ0) is 15.6. The van der Waals surface area contributed by atoms with Crippen molar-refractivity contribution in [2.24, 2.45) is 0 Å². The molecule has 1 aliphatic rings. The van der Waals surface area contributed by atoms with Gasteiger partial charge in [0.15, 0.2) is 5.82 Å². The number of benzene rings is 1. The number of fused-ring (bicyclic) bond motifs is 1. The van der Waals surface area contributed by atoms with E-state index >= 15 is 0 Å². The SMILES string of the molecule is Fc1cccc(-c2nnn(Cc3nnc4n3CCOCC4)n2)c1. The monoisotopic (exact) mass is 315 g/mol. The summed E-state index contributed by atoms with van der Waals surface area (Å²) in [4.78, 5) is 1.43. The van der Waals surface area contributed by atoms with Gasteiger partial charge in [0.1, 0.15) is 18.2 Å². The Morgan fingerprint density at radius 3 is 3.04 bits per heavy atom. The molecule has 0 unspecified atom stereocenters. The molecule has 0 spiro atoms. The lowest BCUT2D eigenvalue weighted by Crippen LogP contribution is -2.13. The molecule has 3 heterocycles. The van der Waals surface area contributed by atoms with Crippen molar-refractivity contribution in [3.8, 4) is 11.4 Å². The van der Waals surface area contributed by atoms with Crippen LogP contribution in [-0.2, 0) is 24.2 Å². The first-order chi connectivity index (χ1) is 11.3. The molecule has 2 aromatic heterocycles. The lowest BCUT2D eigenvalue weighted by atomic mass is 10.2. The van der Waals surface area contributed by atoms with Crippen molar-refractivity contribution in [3.63, 3.8) is 0 Å². The molecular formula is C14H14FN7O. The summed E-state index contributed by atoms with van der Waals surface area (Å²) in [6, 6.07) is 6.11. The first kappa shape index (κ1) is 13.9. The number of halogens is 1. The predicted molar refractivity (Wildman–Crippen MR) is 76.9 cm³/mol. The van der Waals surface area contributed by atoms with Crippen LogP contribution in [0.5, 0.6) is 0 Å². The van der Waals surface area contributed by atoms with Crippen LogP contribution in [0.1, 0.15) is 11.6 Å². The Labute approximate surface area is 130 Å². The van der Waals surface area contributed by atoms with Crippen molar-refractivity contribution in [1.29, 1.82) is 0 Å². The largest absolute Gasteiger partial charge is 0.379 e. The van der Waals surface area contributed by atoms with E-state index < -0.39 is 0 Å². The molecule has 0 aliphatic carbocycles. The third-order valence-electron chi connectivity index (χ3n) is 3.65. The molecule has 1 aliphatic heterocycles. The highest BCUT2D eigenvalue weighted by molar-refractivity contribution is 5.53. The number of tetrazole rings is 1. The van der Waals surface area contributed by atoms with Crippen LogP contribution in [0.2, 0.25) is 0 Å². The van der Waals surface area contributed by atoms with Gasteiger partial charge in [-0.25, -0.2) is 4.39 Å². The fourth-order valence-electron chi connectivity index (χ4n) is 2.53. The van der Waals surface area contributed by atoms with E-state index in [0.717, 1.165) is 18.1 Å². The molecule has 0 N–H and O–H groups in total. The Bertz CT molecular complexity index is 828. The second-order valence-electron chi connectivity index (χ2n) is 5.20. The van der Waals surface area contributed by atoms with Crippen LogP contribution in [0.15, 0.2) is 24.3 Å². The zero-order valence-electron chi connectivity index (χ0n) is 12.3. The number of rotatable bonds is 3. The van der Waals surface area contributed by atoms with E-state index in [1.165, 1.54) is 16.9 Å². The van der Waals surface area contributed by atoms with E-state index in [9.17, 15) is 4.39 Å². The van der Waals surface area contributed by atoms with E-state index in [-0.39, 0.29) is 5.82 Å². The Morgan fingerprint density at radius 2 is 2.13 bits per heavy atom. The smallest absolute Gasteiger partial charge is 0.205 e. The molecule has 118 valence electrons. The van der Waals surface area contributed by atoms with E-state index in [1.54, 1.807) is 12.1 Å². The van der Waals surface area contributed by atoms with Gasteiger partial charge in [0, 0.05) is 18.5 Å². The van der Waals surface area contributed by atoms with E-state index in [4.69, 9.17) is 4.74 Å². The fourth-order valence-corrected chi connectivity index (χ4v) is 2.53. The van der Waals surface area contributed by atoms with Gasteiger partial charge < -0.3 is 9.30 Å². The zero-order valence-corrected chi connectivity index (χ0v) is 12.3. The maximum atomic E-state index is 13.3. The van der Waals surface area contributed by atoms with Gasteiger partial charge in [-0.1, -0.05) is 12.1 Å². The Balaban J connectivity index is 1.58. The maximum absolute atomic E-state index is 13.3. The molecule has 8 nitrogen and oxygen atoms in total. The lowest BCUT2D eigenvalue weighted by Gasteiger charge is -2.05. The third kappa shape index (κ3) is 2.82. The normalized spacial score (nSPS) is 14.5. The molecule has 0 radical (unpaired) electrons. The fraction of sp³-hybridized carbons (Fsp3) is 0.357. The van der Waals surface area contributed by atoms with Gasteiger partial charge >= 0.3 is 0 Å². The molecule has 4 rings (SSSR count). The van der Waals surface area contributed by atoms with Crippen LogP contribution < -0.4 is 0 Å². The number of ether oxygens (including phenoxy) is 1. The average molecular weight is 315 g/mol. The first-order valence-electron chi connectivity index (χ1n) is 7.32. The van der Waals surface area contributed by atoms with Crippen molar-refractivity contribution in [2.45, 2.75) is 19.5 Å². The van der Waals surface area contributed by atoms with Crippen LogP contribution in [0, 0.1) is 5.82 Å². The molecule has 0 saturated heterocycles. The van der Waals surface area contributed by atoms with Crippen molar-refractivity contribution in [1.82, 2.24) is 35.0 Å². The highest BCUT2D eigenvalue weighted by Crippen LogP contribution is 2.15. The molecule has 0 saturated carbocycles. The van der Waals surface area contributed by atoms with Crippen molar-refractivity contribution < 1.29 is 9.13 Å². The average Bonchev–Trinajstić information content (AvgIpc) is 3.09. The highest BCUT2D eigenvalue weighted by Gasteiger charge is 2.16. The topological polar surface area (TPSA) is 83.5 Å². The van der Waals surface area contributed by atoms with Gasteiger partial charge in [-0.05, 0) is 17.3 Å². The summed E-state index contributed by atoms with van der Waals surface area (Å²) < 4.78 is 20.7. The van der Waals surface area contributed by atoms with Crippen LogP contribution in [-0.4, -0.2) is 48.2 Å². The van der Waals surface area contributed by atoms with Gasteiger partial charge in [0.05, 0.1) is 13.2 Å². The second-order valence-corrected chi connectivity index (χ2v) is 5.20. The molecule has 9 heteroatoms. The summed E-state index contributed by atoms with van der Waals surface area (Å²) in [5.74, 6) is 1.71. The van der Waals surface area contributed by atoms with Gasteiger partial charge in [0.2, 0.25) is 5.82 Å². The molecule has 0 bridgehead atoms. The van der Waals surface area contributed by atoms with Gasteiger partial charge in [0.25, 0.3) is 0 Å². The molecule has 1 aromatic carbocycles. The van der Waals surface area contributed by atoms with Crippen LogP contribution in [0.25, 0.3) is 11.4 Å². The van der Waals surface area contributed by atoms with Crippen molar-refractivity contribution >= 4 is 0 Å². The summed E-state index contributed by atoms with van der Waals surface area (Å²) in [5.41, 5.74) is 0.588. The van der Waals surface area contributed by atoms with Crippen molar-refractivity contribution in [2.75, 3.05) is 13.2 Å². The minimum Gasteiger partial charge on any atom is -0.379 e. The number of aromatic nitrogens is 7. The quantitative estimate of drug-likeness (QED) is 0.707. The minimum atomic E-state index is -0.332.